The monoisotopic (exact) mass is 784 g/mol. The summed E-state index contributed by atoms with van der Waals surface area (Å²) in [5.41, 5.74) is -0.385. The molecule has 0 bridgehead atoms. The summed E-state index contributed by atoms with van der Waals surface area (Å²) in [5.74, 6) is 0.882. The summed E-state index contributed by atoms with van der Waals surface area (Å²) >= 11 is -5.10. The predicted octanol–water partition coefficient (Wildman–Crippen LogP) is 12.1. The quantitative estimate of drug-likeness (QED) is 0.0905. The molecule has 6 atom stereocenters. The Bertz CT molecular complexity index is 782. The number of unbranched alkanes of at least 4 members (excludes halogenated alkanes) is 6. The van der Waals surface area contributed by atoms with Crippen LogP contribution >= 0.6 is 0 Å². The minimum atomic E-state index is -2.55. The normalized spacial score (nSPS) is 33.2. The molecular weight excluding hydrogens is 714 g/mol. The number of rotatable bonds is 20. The Labute approximate surface area is 264 Å². The molecule has 0 unspecified atom stereocenters. The standard InChI is InChI=1S/C13H14O2.6C4H9.2Sn/c1-11(2)14-12-7-3-5-9(12)10-6-4-8-13(10,12)15-11;6*1-3-4-2;;/h3-10H,1-2H3;6*1,3-4H2,2H3;;/t9-,10+,12+,13-;;;;;;;;. The SMILES string of the molecule is CCC[CH2][Sn]([CH2]CCC)([CH2]CCC)[C@@H]1C=C[C@@]23OC(C)(C)O[C@@]24C=C[C@H]([Sn]([CH2]CCC)([CH2]CCC)[CH2]CCC)[C@H]4[C@@H]13. The van der Waals surface area contributed by atoms with Crippen LogP contribution in [0, 0.1) is 11.8 Å². The molecule has 236 valence electrons. The van der Waals surface area contributed by atoms with Gasteiger partial charge < -0.3 is 0 Å². The molecule has 2 nitrogen and oxygen atoms in total. The molecule has 1 aliphatic heterocycles. The number of fused-ring (bicyclic) bond motifs is 1. The van der Waals surface area contributed by atoms with Crippen LogP contribution in [0.2, 0.25) is 34.5 Å². The number of allylic oxidation sites excluding steroid dienone is 2. The molecule has 1 saturated carbocycles. The summed E-state index contributed by atoms with van der Waals surface area (Å²) in [6, 6.07) is 0. The predicted molar refractivity (Wildman–Crippen MR) is 184 cm³/mol. The van der Waals surface area contributed by atoms with Gasteiger partial charge in [-0.05, 0) is 0 Å². The Morgan fingerprint density at radius 3 is 1.00 bits per heavy atom. The molecule has 0 aromatic heterocycles. The Morgan fingerprint density at radius 1 is 0.488 bits per heavy atom. The van der Waals surface area contributed by atoms with Crippen molar-refractivity contribution in [1.82, 2.24) is 0 Å². The Balaban J connectivity index is 1.81. The number of hydrogen-bond donors (Lipinski definition) is 0. The summed E-state index contributed by atoms with van der Waals surface area (Å²) in [4.78, 5) is 0. The summed E-state index contributed by atoms with van der Waals surface area (Å²) < 4.78 is 25.7. The summed E-state index contributed by atoms with van der Waals surface area (Å²) in [7, 11) is 0. The van der Waals surface area contributed by atoms with Gasteiger partial charge >= 0.3 is 266 Å². The van der Waals surface area contributed by atoms with Gasteiger partial charge in [0.1, 0.15) is 0 Å². The van der Waals surface area contributed by atoms with Crippen molar-refractivity contribution in [1.29, 1.82) is 0 Å². The molecule has 0 amide bonds. The number of hydrogen-bond acceptors (Lipinski definition) is 2. The van der Waals surface area contributed by atoms with Gasteiger partial charge in [0.05, 0.1) is 0 Å². The molecule has 1 heterocycles. The average Bonchev–Trinajstić information content (AvgIpc) is 3.54. The van der Waals surface area contributed by atoms with Crippen molar-refractivity contribution in [2.45, 2.75) is 184 Å². The van der Waals surface area contributed by atoms with Crippen LogP contribution in [0.15, 0.2) is 24.3 Å². The van der Waals surface area contributed by atoms with Crippen LogP contribution in [0.1, 0.15) is 132 Å². The zero-order chi connectivity index (χ0) is 29.8. The van der Waals surface area contributed by atoms with Crippen molar-refractivity contribution in [3.63, 3.8) is 0 Å². The van der Waals surface area contributed by atoms with E-state index in [1.54, 1.807) is 26.6 Å². The maximum atomic E-state index is 7.20. The van der Waals surface area contributed by atoms with Crippen LogP contribution in [0.4, 0.5) is 0 Å². The summed E-state index contributed by atoms with van der Waals surface area (Å²) in [6.45, 7) is 19.0. The van der Waals surface area contributed by atoms with Gasteiger partial charge in [-0.1, -0.05) is 0 Å². The molecule has 1 saturated heterocycles. The molecule has 2 fully saturated rings. The molecule has 0 N–H and O–H groups in total. The van der Waals surface area contributed by atoms with Gasteiger partial charge in [0.25, 0.3) is 0 Å². The zero-order valence-electron chi connectivity index (χ0n) is 28.7. The second kappa shape index (κ2) is 14.6. The molecule has 0 aromatic carbocycles. The first-order chi connectivity index (χ1) is 19.7. The van der Waals surface area contributed by atoms with Crippen LogP contribution in [-0.4, -0.2) is 53.7 Å². The molecular formula is C37H68O2Sn2. The van der Waals surface area contributed by atoms with Crippen LogP contribution < -0.4 is 0 Å². The van der Waals surface area contributed by atoms with Gasteiger partial charge in [0, 0.05) is 0 Å². The van der Waals surface area contributed by atoms with Crippen molar-refractivity contribution in [3.05, 3.63) is 24.3 Å². The van der Waals surface area contributed by atoms with Gasteiger partial charge in [0.2, 0.25) is 0 Å². The topological polar surface area (TPSA) is 18.5 Å². The van der Waals surface area contributed by atoms with Crippen molar-refractivity contribution in [3.8, 4) is 0 Å². The second-order valence-corrected chi connectivity index (χ2v) is 43.3. The first-order valence-electron chi connectivity index (χ1n) is 18.5. The fraction of sp³-hybridized carbons (Fsp3) is 0.892. The van der Waals surface area contributed by atoms with Crippen LogP contribution in [0.25, 0.3) is 0 Å². The van der Waals surface area contributed by atoms with Crippen molar-refractivity contribution >= 4 is 36.8 Å². The third-order valence-corrected chi connectivity index (χ3v) is 46.6. The van der Waals surface area contributed by atoms with E-state index in [0.29, 0.717) is 11.8 Å². The van der Waals surface area contributed by atoms with Crippen molar-refractivity contribution in [2.75, 3.05) is 0 Å². The van der Waals surface area contributed by atoms with Gasteiger partial charge in [-0.15, -0.1) is 0 Å². The van der Waals surface area contributed by atoms with E-state index in [1.165, 1.54) is 77.0 Å². The third-order valence-electron chi connectivity index (χ3n) is 12.3. The van der Waals surface area contributed by atoms with Gasteiger partial charge in [-0.2, -0.15) is 0 Å². The Kier molecular flexibility index (Phi) is 12.4. The van der Waals surface area contributed by atoms with E-state index in [-0.39, 0.29) is 11.2 Å². The van der Waals surface area contributed by atoms with E-state index in [1.807, 2.05) is 0 Å². The van der Waals surface area contributed by atoms with E-state index in [4.69, 9.17) is 9.47 Å². The molecule has 0 aromatic rings. The Morgan fingerprint density at radius 2 is 0.756 bits per heavy atom. The van der Waals surface area contributed by atoms with E-state index >= 15 is 0 Å². The first-order valence-corrected chi connectivity index (χ1v) is 33.9. The number of ether oxygens (including phenoxy) is 2. The van der Waals surface area contributed by atoms with Gasteiger partial charge in [-0.3, -0.25) is 0 Å². The first kappa shape index (κ1) is 34.9. The molecule has 4 aliphatic rings. The van der Waals surface area contributed by atoms with Crippen molar-refractivity contribution in [2.24, 2.45) is 11.8 Å². The fourth-order valence-corrected chi connectivity index (χ4v) is 48.4. The van der Waals surface area contributed by atoms with Crippen LogP contribution in [0.5, 0.6) is 0 Å². The van der Waals surface area contributed by atoms with Crippen LogP contribution in [0.3, 0.4) is 0 Å². The molecule has 2 spiro atoms. The summed E-state index contributed by atoms with van der Waals surface area (Å²) in [5, 5.41) is 0. The molecule has 41 heavy (non-hydrogen) atoms. The van der Waals surface area contributed by atoms with E-state index < -0.39 is 42.5 Å². The Hall–Kier alpha value is 0.997. The molecule has 4 rings (SSSR count). The van der Waals surface area contributed by atoms with Gasteiger partial charge in [-0.25, -0.2) is 0 Å². The van der Waals surface area contributed by atoms with Crippen molar-refractivity contribution < 1.29 is 9.47 Å². The van der Waals surface area contributed by atoms with Crippen LogP contribution in [-0.2, 0) is 9.47 Å². The minimum absolute atomic E-state index is 0.193. The van der Waals surface area contributed by atoms with E-state index in [9.17, 15) is 0 Å². The van der Waals surface area contributed by atoms with Gasteiger partial charge in [0.15, 0.2) is 0 Å². The third kappa shape index (κ3) is 6.24. The molecule has 0 radical (unpaired) electrons. The molecule has 4 heteroatoms. The van der Waals surface area contributed by atoms with E-state index in [0.717, 1.165) is 7.87 Å². The maximum absolute atomic E-state index is 7.20. The molecule has 3 aliphatic carbocycles. The zero-order valence-corrected chi connectivity index (χ0v) is 34.4. The fourth-order valence-electron chi connectivity index (χ4n) is 10.4. The second-order valence-electron chi connectivity index (χ2n) is 15.4. The van der Waals surface area contributed by atoms with E-state index in [2.05, 4.69) is 79.7 Å². The summed E-state index contributed by atoms with van der Waals surface area (Å²) in [6.07, 6.45) is 27.8. The average molecular weight is 782 g/mol.